The molecule has 0 radical (unpaired) electrons. The van der Waals surface area contributed by atoms with Crippen LogP contribution in [0.25, 0.3) is 5.69 Å². The molecular weight excluding hydrogens is 316 g/mol. The summed E-state index contributed by atoms with van der Waals surface area (Å²) in [6.45, 7) is 5.53. The van der Waals surface area contributed by atoms with E-state index in [0.29, 0.717) is 5.89 Å². The molecule has 0 bridgehead atoms. The van der Waals surface area contributed by atoms with Gasteiger partial charge in [-0.1, -0.05) is 22.9 Å². The van der Waals surface area contributed by atoms with E-state index in [1.165, 1.54) is 6.20 Å². The van der Waals surface area contributed by atoms with Crippen LogP contribution in [0.3, 0.4) is 0 Å². The maximum absolute atomic E-state index is 12.6. The van der Waals surface area contributed by atoms with Crippen LogP contribution in [0.1, 0.15) is 22.8 Å². The molecule has 120 valence electrons. The Morgan fingerprint density at radius 3 is 2.65 bits per heavy atom. The standard InChI is InChI=1S/C15H16N4O3S/c1-10-4-5-13(11(2)8-10)19-7-6-16-15(19)23(20,21)9-14-17-12(3)22-18-14/h4-8H,9H2,1-3H3. The topological polar surface area (TPSA) is 90.9 Å². The minimum absolute atomic E-state index is 0.0353. The molecule has 0 aliphatic rings. The smallest absolute Gasteiger partial charge is 0.232 e. The molecule has 0 spiro atoms. The average Bonchev–Trinajstić information content (AvgIpc) is 3.08. The Kier molecular flexibility index (Phi) is 3.77. The summed E-state index contributed by atoms with van der Waals surface area (Å²) in [5.41, 5.74) is 2.85. The maximum atomic E-state index is 12.6. The van der Waals surface area contributed by atoms with Crippen LogP contribution in [-0.2, 0) is 15.6 Å². The molecule has 23 heavy (non-hydrogen) atoms. The van der Waals surface area contributed by atoms with Crippen molar-refractivity contribution in [3.8, 4) is 5.69 Å². The molecule has 1 aromatic carbocycles. The van der Waals surface area contributed by atoms with E-state index in [2.05, 4.69) is 15.1 Å². The van der Waals surface area contributed by atoms with Crippen LogP contribution < -0.4 is 0 Å². The molecule has 0 N–H and O–H groups in total. The molecule has 0 saturated heterocycles. The van der Waals surface area contributed by atoms with Crippen molar-refractivity contribution >= 4 is 9.84 Å². The van der Waals surface area contributed by atoms with Gasteiger partial charge in [0.2, 0.25) is 20.9 Å². The van der Waals surface area contributed by atoms with Crippen molar-refractivity contribution in [3.63, 3.8) is 0 Å². The van der Waals surface area contributed by atoms with Crippen molar-refractivity contribution in [2.45, 2.75) is 31.7 Å². The maximum Gasteiger partial charge on any atom is 0.232 e. The largest absolute Gasteiger partial charge is 0.340 e. The molecule has 2 heterocycles. The molecule has 0 saturated carbocycles. The van der Waals surface area contributed by atoms with E-state index in [-0.39, 0.29) is 16.7 Å². The Bertz CT molecular complexity index is 957. The van der Waals surface area contributed by atoms with Crippen LogP contribution in [0, 0.1) is 20.8 Å². The summed E-state index contributed by atoms with van der Waals surface area (Å²) in [4.78, 5) is 7.96. The summed E-state index contributed by atoms with van der Waals surface area (Å²) in [7, 11) is -3.70. The molecule has 0 atom stereocenters. The third-order valence-electron chi connectivity index (χ3n) is 3.39. The summed E-state index contributed by atoms with van der Waals surface area (Å²) in [6.07, 6.45) is 3.10. The van der Waals surface area contributed by atoms with Crippen LogP contribution in [0.15, 0.2) is 40.3 Å². The fourth-order valence-electron chi connectivity index (χ4n) is 2.41. The zero-order chi connectivity index (χ0) is 16.6. The molecule has 3 aromatic rings. The van der Waals surface area contributed by atoms with E-state index in [0.717, 1.165) is 16.8 Å². The molecule has 7 nitrogen and oxygen atoms in total. The first kappa shape index (κ1) is 15.4. The van der Waals surface area contributed by atoms with Gasteiger partial charge in [0.15, 0.2) is 5.82 Å². The zero-order valence-electron chi connectivity index (χ0n) is 13.0. The van der Waals surface area contributed by atoms with E-state index in [1.807, 2.05) is 32.0 Å². The van der Waals surface area contributed by atoms with Crippen LogP contribution in [-0.4, -0.2) is 28.1 Å². The fraction of sp³-hybridized carbons (Fsp3) is 0.267. The summed E-state index contributed by atoms with van der Waals surface area (Å²) >= 11 is 0. The Hall–Kier alpha value is -2.48. The van der Waals surface area contributed by atoms with Crippen LogP contribution in [0.4, 0.5) is 0 Å². The van der Waals surface area contributed by atoms with E-state index in [1.54, 1.807) is 17.7 Å². The van der Waals surface area contributed by atoms with Crippen LogP contribution >= 0.6 is 0 Å². The van der Waals surface area contributed by atoms with Gasteiger partial charge in [-0.25, -0.2) is 13.4 Å². The number of hydrogen-bond donors (Lipinski definition) is 0. The van der Waals surface area contributed by atoms with Gasteiger partial charge in [-0.15, -0.1) is 0 Å². The first-order valence-electron chi connectivity index (χ1n) is 7.00. The van der Waals surface area contributed by atoms with Crippen molar-refractivity contribution in [1.82, 2.24) is 19.7 Å². The lowest BCUT2D eigenvalue weighted by atomic mass is 10.1. The minimum atomic E-state index is -3.70. The van der Waals surface area contributed by atoms with Crippen molar-refractivity contribution in [3.05, 3.63) is 53.4 Å². The number of hydrogen-bond acceptors (Lipinski definition) is 6. The highest BCUT2D eigenvalue weighted by atomic mass is 32.2. The lowest BCUT2D eigenvalue weighted by molar-refractivity contribution is 0.388. The number of aryl methyl sites for hydroxylation is 3. The number of imidazole rings is 1. The predicted octanol–water partition coefficient (Wildman–Crippen LogP) is 2.15. The Labute approximate surface area is 133 Å². The average molecular weight is 332 g/mol. The summed E-state index contributed by atoms with van der Waals surface area (Å²) < 4.78 is 31.7. The van der Waals surface area contributed by atoms with Gasteiger partial charge in [-0.3, -0.25) is 4.57 Å². The highest BCUT2D eigenvalue weighted by Gasteiger charge is 2.25. The van der Waals surface area contributed by atoms with Crippen LogP contribution in [0.5, 0.6) is 0 Å². The Balaban J connectivity index is 2.03. The first-order valence-corrected chi connectivity index (χ1v) is 8.65. The third-order valence-corrected chi connectivity index (χ3v) is 4.88. The van der Waals surface area contributed by atoms with Gasteiger partial charge in [-0.05, 0) is 25.5 Å². The SMILES string of the molecule is Cc1ccc(-n2ccnc2S(=O)(=O)Cc2noc(C)n2)c(C)c1. The molecule has 0 unspecified atom stereocenters. The highest BCUT2D eigenvalue weighted by Crippen LogP contribution is 2.21. The lowest BCUT2D eigenvalue weighted by Gasteiger charge is -2.11. The van der Waals surface area contributed by atoms with Crippen LogP contribution in [0.2, 0.25) is 0 Å². The van der Waals surface area contributed by atoms with Gasteiger partial charge in [0.1, 0.15) is 5.75 Å². The van der Waals surface area contributed by atoms with E-state index in [9.17, 15) is 8.42 Å². The van der Waals surface area contributed by atoms with Gasteiger partial charge in [0.05, 0.1) is 5.69 Å². The third kappa shape index (κ3) is 3.02. The summed E-state index contributed by atoms with van der Waals surface area (Å²) in [6, 6.07) is 5.80. The summed E-state index contributed by atoms with van der Waals surface area (Å²) in [5.74, 6) is 0.0947. The molecular formula is C15H16N4O3S. The van der Waals surface area contributed by atoms with Gasteiger partial charge in [0.25, 0.3) is 0 Å². The summed E-state index contributed by atoms with van der Waals surface area (Å²) in [5, 5.41) is 3.60. The van der Waals surface area contributed by atoms with E-state index in [4.69, 9.17) is 4.52 Å². The van der Waals surface area contributed by atoms with E-state index >= 15 is 0 Å². The Morgan fingerprint density at radius 1 is 1.22 bits per heavy atom. The zero-order valence-corrected chi connectivity index (χ0v) is 13.8. The lowest BCUT2D eigenvalue weighted by Crippen LogP contribution is -2.13. The molecule has 2 aromatic heterocycles. The van der Waals surface area contributed by atoms with Gasteiger partial charge >= 0.3 is 0 Å². The van der Waals surface area contributed by atoms with Crippen molar-refractivity contribution in [1.29, 1.82) is 0 Å². The molecule has 8 heteroatoms. The predicted molar refractivity (Wildman–Crippen MR) is 83.0 cm³/mol. The monoisotopic (exact) mass is 332 g/mol. The Morgan fingerprint density at radius 2 is 2.00 bits per heavy atom. The number of nitrogens with zero attached hydrogens (tertiary/aromatic N) is 4. The second kappa shape index (κ2) is 5.62. The van der Waals surface area contributed by atoms with E-state index < -0.39 is 9.84 Å². The molecule has 0 aliphatic heterocycles. The van der Waals surface area contributed by atoms with Gasteiger partial charge < -0.3 is 4.52 Å². The fourth-order valence-corrected chi connectivity index (χ4v) is 3.68. The van der Waals surface area contributed by atoms with Gasteiger partial charge in [0, 0.05) is 19.3 Å². The van der Waals surface area contributed by atoms with Crippen molar-refractivity contribution in [2.24, 2.45) is 0 Å². The quantitative estimate of drug-likeness (QED) is 0.727. The number of benzene rings is 1. The number of sulfone groups is 1. The second-order valence-electron chi connectivity index (χ2n) is 5.36. The minimum Gasteiger partial charge on any atom is -0.340 e. The van der Waals surface area contributed by atoms with Gasteiger partial charge in [-0.2, -0.15) is 4.98 Å². The van der Waals surface area contributed by atoms with Crippen molar-refractivity contribution < 1.29 is 12.9 Å². The second-order valence-corrected chi connectivity index (χ2v) is 7.24. The molecule has 0 aliphatic carbocycles. The first-order chi connectivity index (χ1) is 10.9. The molecule has 3 rings (SSSR count). The molecule has 0 amide bonds. The number of aromatic nitrogens is 4. The number of rotatable bonds is 4. The molecule has 0 fully saturated rings. The van der Waals surface area contributed by atoms with Crippen molar-refractivity contribution in [2.75, 3.05) is 0 Å². The normalized spacial score (nSPS) is 11.8. The highest BCUT2D eigenvalue weighted by molar-refractivity contribution is 7.90.